The second-order valence-electron chi connectivity index (χ2n) is 6.86. The molecule has 2 saturated heterocycles. The maximum absolute atomic E-state index is 12.9. The lowest BCUT2D eigenvalue weighted by Gasteiger charge is -2.43. The summed E-state index contributed by atoms with van der Waals surface area (Å²) in [7, 11) is 0. The first-order chi connectivity index (χ1) is 8.94. The van der Waals surface area contributed by atoms with E-state index >= 15 is 0 Å². The molecule has 2 heterocycles. The SMILES string of the molecule is CC(C)(C)C(=O)C1(CN2CCOCC2)CCOCC1. The second kappa shape index (κ2) is 5.90. The zero-order valence-corrected chi connectivity index (χ0v) is 12.5. The monoisotopic (exact) mass is 269 g/mol. The Morgan fingerprint density at radius 1 is 1.05 bits per heavy atom. The molecule has 0 saturated carbocycles. The highest BCUT2D eigenvalue weighted by atomic mass is 16.5. The molecule has 2 rings (SSSR count). The Morgan fingerprint density at radius 2 is 1.58 bits per heavy atom. The normalized spacial score (nSPS) is 25.2. The van der Waals surface area contributed by atoms with Gasteiger partial charge in [-0.15, -0.1) is 0 Å². The smallest absolute Gasteiger partial charge is 0.145 e. The van der Waals surface area contributed by atoms with Crippen molar-refractivity contribution in [3.05, 3.63) is 0 Å². The van der Waals surface area contributed by atoms with Crippen LogP contribution in [0.3, 0.4) is 0 Å². The third-order valence-corrected chi connectivity index (χ3v) is 4.24. The van der Waals surface area contributed by atoms with Gasteiger partial charge in [-0.3, -0.25) is 9.69 Å². The van der Waals surface area contributed by atoms with Crippen LogP contribution in [0.2, 0.25) is 0 Å². The zero-order valence-electron chi connectivity index (χ0n) is 12.5. The van der Waals surface area contributed by atoms with E-state index in [2.05, 4.69) is 4.90 Å². The van der Waals surface area contributed by atoms with Crippen molar-refractivity contribution >= 4 is 5.78 Å². The summed E-state index contributed by atoms with van der Waals surface area (Å²) >= 11 is 0. The Balaban J connectivity index is 2.11. The fourth-order valence-electron chi connectivity index (χ4n) is 3.20. The largest absolute Gasteiger partial charge is 0.381 e. The predicted molar refractivity (Wildman–Crippen MR) is 74.2 cm³/mol. The van der Waals surface area contributed by atoms with Crippen molar-refractivity contribution < 1.29 is 14.3 Å². The summed E-state index contributed by atoms with van der Waals surface area (Å²) in [4.78, 5) is 15.3. The first-order valence-corrected chi connectivity index (χ1v) is 7.37. The third-order valence-electron chi connectivity index (χ3n) is 4.24. The van der Waals surface area contributed by atoms with Gasteiger partial charge in [0.1, 0.15) is 5.78 Å². The van der Waals surface area contributed by atoms with Gasteiger partial charge in [-0.2, -0.15) is 0 Å². The summed E-state index contributed by atoms with van der Waals surface area (Å²) in [6.07, 6.45) is 1.72. The standard InChI is InChI=1S/C15H27NO3/c1-14(2,3)13(17)15(4-8-18-9-5-15)12-16-6-10-19-11-7-16/h4-12H2,1-3H3. The molecule has 4 heteroatoms. The van der Waals surface area contributed by atoms with E-state index in [-0.39, 0.29) is 10.8 Å². The van der Waals surface area contributed by atoms with Gasteiger partial charge in [0.15, 0.2) is 0 Å². The molecule has 0 amide bonds. The average molecular weight is 269 g/mol. The zero-order chi connectivity index (χ0) is 13.9. The number of ether oxygens (including phenoxy) is 2. The Morgan fingerprint density at radius 3 is 2.11 bits per heavy atom. The number of hydrogen-bond donors (Lipinski definition) is 0. The van der Waals surface area contributed by atoms with Crippen molar-refractivity contribution in [1.82, 2.24) is 4.90 Å². The number of hydrogen-bond acceptors (Lipinski definition) is 4. The molecule has 2 fully saturated rings. The van der Waals surface area contributed by atoms with Crippen LogP contribution in [0.15, 0.2) is 0 Å². The summed E-state index contributed by atoms with van der Waals surface area (Å²) in [5.74, 6) is 0.398. The lowest BCUT2D eigenvalue weighted by atomic mass is 9.67. The molecule has 0 N–H and O–H groups in total. The minimum absolute atomic E-state index is 0.214. The fourth-order valence-corrected chi connectivity index (χ4v) is 3.20. The molecule has 2 aliphatic rings. The van der Waals surface area contributed by atoms with Crippen LogP contribution in [0.25, 0.3) is 0 Å². The molecule has 0 aromatic carbocycles. The van der Waals surface area contributed by atoms with Crippen LogP contribution >= 0.6 is 0 Å². The molecule has 2 aliphatic heterocycles. The van der Waals surface area contributed by atoms with E-state index < -0.39 is 0 Å². The molecular weight excluding hydrogens is 242 g/mol. The lowest BCUT2D eigenvalue weighted by Crippen LogP contribution is -2.52. The molecule has 4 nitrogen and oxygen atoms in total. The molecule has 0 aromatic rings. The number of rotatable bonds is 3. The number of nitrogens with zero attached hydrogens (tertiary/aromatic N) is 1. The summed E-state index contributed by atoms with van der Waals surface area (Å²) in [6.45, 7) is 11.9. The Hall–Kier alpha value is -0.450. The number of ketones is 1. The van der Waals surface area contributed by atoms with Crippen LogP contribution < -0.4 is 0 Å². The van der Waals surface area contributed by atoms with Crippen molar-refractivity contribution in [2.45, 2.75) is 33.6 Å². The number of morpholine rings is 1. The molecule has 0 spiro atoms. The van der Waals surface area contributed by atoms with Gasteiger partial charge in [-0.25, -0.2) is 0 Å². The maximum atomic E-state index is 12.9. The van der Waals surface area contributed by atoms with Crippen molar-refractivity contribution in [2.24, 2.45) is 10.8 Å². The van der Waals surface area contributed by atoms with Gasteiger partial charge in [-0.1, -0.05) is 20.8 Å². The Kier molecular flexibility index (Phi) is 4.64. The molecule has 0 radical (unpaired) electrons. The number of carbonyl (C=O) groups excluding carboxylic acids is 1. The van der Waals surface area contributed by atoms with Gasteiger partial charge in [0.05, 0.1) is 13.2 Å². The van der Waals surface area contributed by atoms with Crippen LogP contribution in [0.1, 0.15) is 33.6 Å². The molecule has 110 valence electrons. The van der Waals surface area contributed by atoms with E-state index in [1.165, 1.54) is 0 Å². The number of Topliss-reactive ketones (excluding diaryl/α,β-unsaturated/α-hetero) is 1. The second-order valence-corrected chi connectivity index (χ2v) is 6.86. The van der Waals surface area contributed by atoms with Crippen LogP contribution in [-0.4, -0.2) is 56.7 Å². The van der Waals surface area contributed by atoms with Gasteiger partial charge in [0, 0.05) is 43.7 Å². The van der Waals surface area contributed by atoms with E-state index in [1.807, 2.05) is 20.8 Å². The Labute approximate surface area is 116 Å². The molecule has 0 bridgehead atoms. The lowest BCUT2D eigenvalue weighted by molar-refractivity contribution is -0.145. The van der Waals surface area contributed by atoms with E-state index in [4.69, 9.17) is 9.47 Å². The molecule has 19 heavy (non-hydrogen) atoms. The summed E-state index contributed by atoms with van der Waals surface area (Å²) in [5, 5.41) is 0. The first kappa shape index (κ1) is 14.9. The van der Waals surface area contributed by atoms with E-state index in [9.17, 15) is 4.79 Å². The maximum Gasteiger partial charge on any atom is 0.145 e. The predicted octanol–water partition coefficient (Wildman–Crippen LogP) is 1.73. The number of carbonyl (C=O) groups is 1. The van der Waals surface area contributed by atoms with Gasteiger partial charge in [-0.05, 0) is 12.8 Å². The molecular formula is C15H27NO3. The van der Waals surface area contributed by atoms with E-state index in [0.29, 0.717) is 19.0 Å². The topological polar surface area (TPSA) is 38.8 Å². The van der Waals surface area contributed by atoms with Crippen molar-refractivity contribution in [1.29, 1.82) is 0 Å². The van der Waals surface area contributed by atoms with Gasteiger partial charge >= 0.3 is 0 Å². The molecule has 0 aromatic heterocycles. The summed E-state index contributed by atoms with van der Waals surface area (Å²) in [5.41, 5.74) is -0.489. The van der Waals surface area contributed by atoms with E-state index in [1.54, 1.807) is 0 Å². The highest BCUT2D eigenvalue weighted by Gasteiger charge is 2.45. The van der Waals surface area contributed by atoms with Gasteiger partial charge in [0.25, 0.3) is 0 Å². The van der Waals surface area contributed by atoms with Crippen molar-refractivity contribution in [3.8, 4) is 0 Å². The highest BCUT2D eigenvalue weighted by molar-refractivity contribution is 5.89. The van der Waals surface area contributed by atoms with Crippen LogP contribution in [0.5, 0.6) is 0 Å². The molecule has 0 aliphatic carbocycles. The van der Waals surface area contributed by atoms with Crippen molar-refractivity contribution in [3.63, 3.8) is 0 Å². The summed E-state index contributed by atoms with van der Waals surface area (Å²) in [6, 6.07) is 0. The van der Waals surface area contributed by atoms with Crippen LogP contribution in [0, 0.1) is 10.8 Å². The minimum Gasteiger partial charge on any atom is -0.381 e. The van der Waals surface area contributed by atoms with Crippen molar-refractivity contribution in [2.75, 3.05) is 46.1 Å². The van der Waals surface area contributed by atoms with Crippen LogP contribution in [0.4, 0.5) is 0 Å². The minimum atomic E-state index is -0.274. The van der Waals surface area contributed by atoms with Gasteiger partial charge in [0.2, 0.25) is 0 Å². The summed E-state index contributed by atoms with van der Waals surface area (Å²) < 4.78 is 10.9. The highest BCUT2D eigenvalue weighted by Crippen LogP contribution is 2.39. The van der Waals surface area contributed by atoms with Gasteiger partial charge < -0.3 is 9.47 Å². The van der Waals surface area contributed by atoms with E-state index in [0.717, 1.165) is 45.7 Å². The fraction of sp³-hybridized carbons (Fsp3) is 0.933. The third kappa shape index (κ3) is 3.56. The molecule has 0 atom stereocenters. The first-order valence-electron chi connectivity index (χ1n) is 7.37. The average Bonchev–Trinajstić information content (AvgIpc) is 2.39. The Bertz CT molecular complexity index is 310. The van der Waals surface area contributed by atoms with Crippen LogP contribution in [-0.2, 0) is 14.3 Å². The quantitative estimate of drug-likeness (QED) is 0.782. The molecule has 0 unspecified atom stereocenters.